The van der Waals surface area contributed by atoms with Crippen LogP contribution in [0, 0.1) is 13.8 Å². The maximum absolute atomic E-state index is 12.5. The van der Waals surface area contributed by atoms with Crippen LogP contribution in [0.4, 0.5) is 5.69 Å². The number of carbonyl (C=O) groups excluding carboxylic acids is 1. The first-order valence-corrected chi connectivity index (χ1v) is 10.8. The van der Waals surface area contributed by atoms with Crippen molar-refractivity contribution in [2.75, 3.05) is 11.1 Å². The molecule has 158 valence electrons. The van der Waals surface area contributed by atoms with E-state index in [4.69, 9.17) is 0 Å². The molecule has 0 saturated carbocycles. The van der Waals surface area contributed by atoms with Gasteiger partial charge in [0.05, 0.1) is 11.4 Å². The molecule has 4 aromatic rings. The maximum atomic E-state index is 12.5. The fourth-order valence-corrected chi connectivity index (χ4v) is 4.07. The molecule has 0 atom stereocenters. The largest absolute Gasteiger partial charge is 0.325 e. The molecule has 4 rings (SSSR count). The Morgan fingerprint density at radius 1 is 1.13 bits per heavy atom. The Kier molecular flexibility index (Phi) is 6.08. The molecule has 0 bridgehead atoms. The third kappa shape index (κ3) is 4.64. The summed E-state index contributed by atoms with van der Waals surface area (Å²) < 4.78 is 3.61. The average Bonchev–Trinajstić information content (AvgIpc) is 3.42. The van der Waals surface area contributed by atoms with Gasteiger partial charge in [-0.25, -0.2) is 4.68 Å². The van der Waals surface area contributed by atoms with E-state index in [1.807, 2.05) is 61.7 Å². The van der Waals surface area contributed by atoms with Gasteiger partial charge in [-0.2, -0.15) is 0 Å². The lowest BCUT2D eigenvalue weighted by molar-refractivity contribution is -0.113. The number of carbonyl (C=O) groups is 1. The van der Waals surface area contributed by atoms with E-state index in [9.17, 15) is 4.79 Å². The molecule has 1 amide bonds. The summed E-state index contributed by atoms with van der Waals surface area (Å²) in [5, 5.41) is 23.5. The smallest absolute Gasteiger partial charge is 0.234 e. The van der Waals surface area contributed by atoms with Crippen LogP contribution in [0.2, 0.25) is 0 Å². The van der Waals surface area contributed by atoms with Crippen LogP contribution in [0.3, 0.4) is 0 Å². The van der Waals surface area contributed by atoms with Crippen molar-refractivity contribution in [2.24, 2.45) is 0 Å². The minimum absolute atomic E-state index is 0.109. The lowest BCUT2D eigenvalue weighted by Crippen LogP contribution is -2.15. The highest BCUT2D eigenvalue weighted by Crippen LogP contribution is 2.25. The van der Waals surface area contributed by atoms with Crippen molar-refractivity contribution in [1.82, 2.24) is 35.0 Å². The summed E-state index contributed by atoms with van der Waals surface area (Å²) in [6.45, 7) is 6.75. The Bertz CT molecular complexity index is 1200. The molecule has 9 nitrogen and oxygen atoms in total. The van der Waals surface area contributed by atoms with Crippen LogP contribution in [0.15, 0.2) is 53.9 Å². The van der Waals surface area contributed by atoms with Gasteiger partial charge in [-0.3, -0.25) is 4.79 Å². The molecule has 0 spiro atoms. The van der Waals surface area contributed by atoms with Crippen molar-refractivity contribution in [1.29, 1.82) is 0 Å². The zero-order valence-electron chi connectivity index (χ0n) is 17.5. The molecule has 0 aliphatic rings. The van der Waals surface area contributed by atoms with E-state index in [0.717, 1.165) is 45.6 Å². The monoisotopic (exact) mass is 434 g/mol. The number of hydrogen-bond donors (Lipinski definition) is 1. The SMILES string of the molecule is CCn1c(SCC(=O)Nc2ccc(-n3cnnn3)c(C)c2)nnc1-c1cccc(C)c1. The van der Waals surface area contributed by atoms with Gasteiger partial charge in [0.25, 0.3) is 0 Å². The third-order valence-corrected chi connectivity index (χ3v) is 5.68. The number of anilines is 1. The van der Waals surface area contributed by atoms with Crippen molar-refractivity contribution in [3.63, 3.8) is 0 Å². The van der Waals surface area contributed by atoms with E-state index in [0.29, 0.717) is 0 Å². The van der Waals surface area contributed by atoms with Crippen LogP contribution >= 0.6 is 11.8 Å². The summed E-state index contributed by atoms with van der Waals surface area (Å²) in [5.74, 6) is 0.935. The number of nitrogens with zero attached hydrogens (tertiary/aromatic N) is 7. The van der Waals surface area contributed by atoms with Crippen molar-refractivity contribution in [3.8, 4) is 17.1 Å². The van der Waals surface area contributed by atoms with E-state index in [2.05, 4.69) is 37.1 Å². The minimum Gasteiger partial charge on any atom is -0.325 e. The molecular formula is C21H22N8OS. The van der Waals surface area contributed by atoms with Gasteiger partial charge in [-0.1, -0.05) is 35.5 Å². The first-order chi connectivity index (χ1) is 15.0. The molecular weight excluding hydrogens is 412 g/mol. The molecule has 2 aromatic carbocycles. The van der Waals surface area contributed by atoms with Gasteiger partial charge in [0.2, 0.25) is 5.91 Å². The van der Waals surface area contributed by atoms with Gasteiger partial charge < -0.3 is 9.88 Å². The number of hydrogen-bond acceptors (Lipinski definition) is 7. The van der Waals surface area contributed by atoms with E-state index in [1.165, 1.54) is 18.1 Å². The fraction of sp³-hybridized carbons (Fsp3) is 0.238. The predicted octanol–water partition coefficient (Wildman–Crippen LogP) is 3.29. The van der Waals surface area contributed by atoms with E-state index in [1.54, 1.807) is 4.68 Å². The highest BCUT2D eigenvalue weighted by molar-refractivity contribution is 7.99. The second-order valence-electron chi connectivity index (χ2n) is 7.01. The van der Waals surface area contributed by atoms with Crippen molar-refractivity contribution in [3.05, 3.63) is 59.9 Å². The average molecular weight is 435 g/mol. The maximum Gasteiger partial charge on any atom is 0.234 e. The van der Waals surface area contributed by atoms with Gasteiger partial charge in [-0.15, -0.1) is 15.3 Å². The Morgan fingerprint density at radius 3 is 2.71 bits per heavy atom. The van der Waals surface area contributed by atoms with Gasteiger partial charge in [0.1, 0.15) is 6.33 Å². The normalized spacial score (nSPS) is 10.9. The Morgan fingerprint density at radius 2 is 2.00 bits per heavy atom. The molecule has 0 saturated heterocycles. The van der Waals surface area contributed by atoms with E-state index >= 15 is 0 Å². The first kappa shape index (κ1) is 20.7. The number of benzene rings is 2. The molecule has 0 radical (unpaired) electrons. The van der Waals surface area contributed by atoms with Gasteiger partial charge in [-0.05, 0) is 61.0 Å². The highest BCUT2D eigenvalue weighted by Gasteiger charge is 2.15. The van der Waals surface area contributed by atoms with Crippen molar-refractivity contribution in [2.45, 2.75) is 32.5 Å². The molecule has 0 aliphatic carbocycles. The Balaban J connectivity index is 1.42. The quantitative estimate of drug-likeness (QED) is 0.445. The Hall–Kier alpha value is -3.53. The summed E-state index contributed by atoms with van der Waals surface area (Å²) in [5.41, 5.74) is 4.71. The number of tetrazole rings is 1. The van der Waals surface area contributed by atoms with Crippen molar-refractivity contribution >= 4 is 23.4 Å². The zero-order chi connectivity index (χ0) is 21.8. The van der Waals surface area contributed by atoms with Crippen LogP contribution in [-0.4, -0.2) is 46.6 Å². The van der Waals surface area contributed by atoms with E-state index in [-0.39, 0.29) is 11.7 Å². The van der Waals surface area contributed by atoms with E-state index < -0.39 is 0 Å². The molecule has 0 unspecified atom stereocenters. The minimum atomic E-state index is -0.109. The fourth-order valence-electron chi connectivity index (χ4n) is 3.27. The number of thioether (sulfide) groups is 1. The number of nitrogens with one attached hydrogen (secondary N) is 1. The lowest BCUT2D eigenvalue weighted by atomic mass is 10.1. The Labute approximate surface area is 183 Å². The summed E-state index contributed by atoms with van der Waals surface area (Å²) in [6.07, 6.45) is 1.53. The lowest BCUT2D eigenvalue weighted by Gasteiger charge is -2.10. The highest BCUT2D eigenvalue weighted by atomic mass is 32.2. The standard InChI is InChI=1S/C21H22N8OS/c1-4-28-20(16-7-5-6-14(2)10-16)24-25-21(28)31-12-19(30)23-17-8-9-18(15(3)11-17)29-13-22-26-27-29/h5-11,13H,4,12H2,1-3H3,(H,23,30). The second-order valence-corrected chi connectivity index (χ2v) is 7.95. The molecule has 2 heterocycles. The first-order valence-electron chi connectivity index (χ1n) is 9.82. The summed E-state index contributed by atoms with van der Waals surface area (Å²) in [6, 6.07) is 13.8. The van der Waals surface area contributed by atoms with Gasteiger partial charge in [0.15, 0.2) is 11.0 Å². The molecule has 0 fully saturated rings. The number of amides is 1. The molecule has 1 N–H and O–H groups in total. The summed E-state index contributed by atoms with van der Waals surface area (Å²) >= 11 is 1.37. The topological polar surface area (TPSA) is 103 Å². The molecule has 2 aromatic heterocycles. The van der Waals surface area contributed by atoms with Gasteiger partial charge in [0, 0.05) is 17.8 Å². The zero-order valence-corrected chi connectivity index (χ0v) is 18.3. The molecule has 31 heavy (non-hydrogen) atoms. The van der Waals surface area contributed by atoms with Crippen LogP contribution < -0.4 is 5.32 Å². The number of aryl methyl sites for hydroxylation is 2. The molecule has 0 aliphatic heterocycles. The summed E-state index contributed by atoms with van der Waals surface area (Å²) in [7, 11) is 0. The van der Waals surface area contributed by atoms with Crippen LogP contribution in [0.1, 0.15) is 18.1 Å². The van der Waals surface area contributed by atoms with Crippen LogP contribution in [0.25, 0.3) is 17.1 Å². The van der Waals surface area contributed by atoms with Crippen LogP contribution in [0.5, 0.6) is 0 Å². The molecule has 10 heteroatoms. The summed E-state index contributed by atoms with van der Waals surface area (Å²) in [4.78, 5) is 12.5. The van der Waals surface area contributed by atoms with Gasteiger partial charge >= 0.3 is 0 Å². The number of rotatable bonds is 7. The number of aromatic nitrogens is 7. The van der Waals surface area contributed by atoms with Crippen LogP contribution in [-0.2, 0) is 11.3 Å². The predicted molar refractivity (Wildman–Crippen MR) is 119 cm³/mol. The third-order valence-electron chi connectivity index (χ3n) is 4.72. The second kappa shape index (κ2) is 9.09. The van der Waals surface area contributed by atoms with Crippen molar-refractivity contribution < 1.29 is 4.79 Å².